The van der Waals surface area contributed by atoms with E-state index < -0.39 is 10.0 Å². The predicted molar refractivity (Wildman–Crippen MR) is 71.0 cm³/mol. The summed E-state index contributed by atoms with van der Waals surface area (Å²) in [6.45, 7) is 1.38. The summed E-state index contributed by atoms with van der Waals surface area (Å²) in [5, 5.41) is 0.562. The van der Waals surface area contributed by atoms with E-state index in [4.69, 9.17) is 11.6 Å². The zero-order valence-corrected chi connectivity index (χ0v) is 11.6. The number of hydrogen-bond donors (Lipinski definition) is 0. The molecule has 0 amide bonds. The summed E-state index contributed by atoms with van der Waals surface area (Å²) in [5.74, 6) is 1.15. The first-order valence-corrected chi connectivity index (χ1v) is 8.15. The lowest BCUT2D eigenvalue weighted by molar-refractivity contribution is 0.445. The van der Waals surface area contributed by atoms with Crippen molar-refractivity contribution in [2.75, 3.05) is 13.1 Å². The van der Waals surface area contributed by atoms with E-state index in [1.807, 2.05) is 0 Å². The van der Waals surface area contributed by atoms with Crippen LogP contribution in [0.4, 0.5) is 0 Å². The van der Waals surface area contributed by atoms with Crippen LogP contribution >= 0.6 is 11.6 Å². The summed E-state index contributed by atoms with van der Waals surface area (Å²) in [5.41, 5.74) is 0. The Morgan fingerprint density at radius 1 is 1.06 bits per heavy atom. The average Bonchev–Trinajstić information content (AvgIpc) is 2.89. The second kappa shape index (κ2) is 4.51. The SMILES string of the molecule is O=S(=O)(c1ccc(Cl)cc1)N1CC2CCCC2C1. The zero-order valence-electron chi connectivity index (χ0n) is 10.0. The van der Waals surface area contributed by atoms with Crippen molar-refractivity contribution in [2.24, 2.45) is 11.8 Å². The lowest BCUT2D eigenvalue weighted by Crippen LogP contribution is -2.29. The lowest BCUT2D eigenvalue weighted by Gasteiger charge is -2.17. The van der Waals surface area contributed by atoms with Crippen molar-refractivity contribution in [2.45, 2.75) is 24.2 Å². The first-order valence-electron chi connectivity index (χ1n) is 6.33. The summed E-state index contributed by atoms with van der Waals surface area (Å²) < 4.78 is 26.6. The number of sulfonamides is 1. The normalized spacial score (nSPS) is 28.5. The molecule has 98 valence electrons. The van der Waals surface area contributed by atoms with Gasteiger partial charge in [0.25, 0.3) is 0 Å². The van der Waals surface area contributed by atoms with Gasteiger partial charge in [0, 0.05) is 18.1 Å². The zero-order chi connectivity index (χ0) is 12.8. The van der Waals surface area contributed by atoms with Crippen molar-refractivity contribution in [1.82, 2.24) is 4.31 Å². The fourth-order valence-corrected chi connectivity index (χ4v) is 4.82. The lowest BCUT2D eigenvalue weighted by atomic mass is 10.0. The molecule has 0 radical (unpaired) electrons. The second-order valence-electron chi connectivity index (χ2n) is 5.23. The maximum absolute atomic E-state index is 12.5. The van der Waals surface area contributed by atoms with Crippen molar-refractivity contribution >= 4 is 21.6 Å². The highest BCUT2D eigenvalue weighted by Gasteiger charge is 2.41. The van der Waals surface area contributed by atoms with Crippen LogP contribution in [0.15, 0.2) is 29.2 Å². The van der Waals surface area contributed by atoms with Crippen molar-refractivity contribution in [3.8, 4) is 0 Å². The minimum atomic E-state index is -3.32. The molecule has 0 N–H and O–H groups in total. The fraction of sp³-hybridized carbons (Fsp3) is 0.538. The number of rotatable bonds is 2. The predicted octanol–water partition coefficient (Wildman–Crippen LogP) is 2.76. The monoisotopic (exact) mass is 285 g/mol. The molecule has 5 heteroatoms. The first-order chi connectivity index (χ1) is 8.57. The molecule has 3 nitrogen and oxygen atoms in total. The molecule has 18 heavy (non-hydrogen) atoms. The number of benzene rings is 1. The Balaban J connectivity index is 1.85. The molecular weight excluding hydrogens is 270 g/mol. The van der Waals surface area contributed by atoms with E-state index in [1.165, 1.54) is 19.3 Å². The van der Waals surface area contributed by atoms with Gasteiger partial charge in [-0.1, -0.05) is 18.0 Å². The van der Waals surface area contributed by atoms with Crippen molar-refractivity contribution in [3.05, 3.63) is 29.3 Å². The van der Waals surface area contributed by atoms with Crippen LogP contribution in [0, 0.1) is 11.8 Å². The maximum Gasteiger partial charge on any atom is 0.243 e. The minimum absolute atomic E-state index is 0.354. The van der Waals surface area contributed by atoms with Gasteiger partial charge in [0.15, 0.2) is 0 Å². The van der Waals surface area contributed by atoms with Gasteiger partial charge in [-0.2, -0.15) is 4.31 Å². The van der Waals surface area contributed by atoms with Gasteiger partial charge in [0.05, 0.1) is 4.90 Å². The van der Waals surface area contributed by atoms with E-state index in [-0.39, 0.29) is 0 Å². The van der Waals surface area contributed by atoms with Crippen molar-refractivity contribution in [1.29, 1.82) is 0 Å². The molecule has 2 aliphatic rings. The van der Waals surface area contributed by atoms with Crippen LogP contribution in [-0.4, -0.2) is 25.8 Å². The van der Waals surface area contributed by atoms with Gasteiger partial charge in [-0.15, -0.1) is 0 Å². The Hall–Kier alpha value is -0.580. The third-order valence-electron chi connectivity index (χ3n) is 4.14. The topological polar surface area (TPSA) is 37.4 Å². The quantitative estimate of drug-likeness (QED) is 0.838. The summed E-state index contributed by atoms with van der Waals surface area (Å²) in [6, 6.07) is 6.44. The molecule has 0 bridgehead atoms. The van der Waals surface area contributed by atoms with Crippen LogP contribution in [-0.2, 0) is 10.0 Å². The van der Waals surface area contributed by atoms with Crippen LogP contribution in [0.2, 0.25) is 5.02 Å². The number of hydrogen-bond acceptors (Lipinski definition) is 2. The smallest absolute Gasteiger partial charge is 0.207 e. The molecule has 0 aromatic heterocycles. The van der Waals surface area contributed by atoms with Crippen LogP contribution in [0.5, 0.6) is 0 Å². The molecule has 1 saturated carbocycles. The van der Waals surface area contributed by atoms with Gasteiger partial charge >= 0.3 is 0 Å². The van der Waals surface area contributed by atoms with Gasteiger partial charge in [-0.3, -0.25) is 0 Å². The molecule has 1 heterocycles. The molecule has 2 unspecified atom stereocenters. The summed E-state index contributed by atoms with van der Waals surface area (Å²) >= 11 is 5.79. The molecule has 2 fully saturated rings. The summed E-state index contributed by atoms with van der Waals surface area (Å²) in [7, 11) is -3.32. The Bertz CT molecular complexity index is 529. The molecule has 1 saturated heterocycles. The highest BCUT2D eigenvalue weighted by atomic mass is 35.5. The van der Waals surface area contributed by atoms with E-state index in [2.05, 4.69) is 0 Å². The summed E-state index contributed by atoms with van der Waals surface area (Å²) in [4.78, 5) is 0.354. The van der Waals surface area contributed by atoms with E-state index in [0.717, 1.165) is 0 Å². The standard InChI is InChI=1S/C13H16ClNO2S/c14-12-4-6-13(7-5-12)18(16,17)15-8-10-2-1-3-11(10)9-15/h4-7,10-11H,1-3,8-9H2. The number of halogens is 1. The highest BCUT2D eigenvalue weighted by molar-refractivity contribution is 7.89. The third-order valence-corrected chi connectivity index (χ3v) is 6.24. The largest absolute Gasteiger partial charge is 0.243 e. The van der Waals surface area contributed by atoms with E-state index in [1.54, 1.807) is 28.6 Å². The molecule has 1 aliphatic heterocycles. The van der Waals surface area contributed by atoms with Crippen LogP contribution in [0.1, 0.15) is 19.3 Å². The minimum Gasteiger partial charge on any atom is -0.207 e. The van der Waals surface area contributed by atoms with Crippen LogP contribution in [0.25, 0.3) is 0 Å². The molecule has 2 atom stereocenters. The van der Waals surface area contributed by atoms with Gasteiger partial charge in [0.1, 0.15) is 0 Å². The van der Waals surface area contributed by atoms with E-state index in [0.29, 0.717) is 34.8 Å². The number of fused-ring (bicyclic) bond motifs is 1. The van der Waals surface area contributed by atoms with Crippen LogP contribution in [0.3, 0.4) is 0 Å². The average molecular weight is 286 g/mol. The maximum atomic E-state index is 12.5. The molecule has 1 aliphatic carbocycles. The Morgan fingerprint density at radius 3 is 2.17 bits per heavy atom. The fourth-order valence-electron chi connectivity index (χ4n) is 3.14. The van der Waals surface area contributed by atoms with Crippen molar-refractivity contribution < 1.29 is 8.42 Å². The molecule has 1 aromatic carbocycles. The van der Waals surface area contributed by atoms with E-state index >= 15 is 0 Å². The number of nitrogens with zero attached hydrogens (tertiary/aromatic N) is 1. The molecule has 3 rings (SSSR count). The highest BCUT2D eigenvalue weighted by Crippen LogP contribution is 2.39. The third kappa shape index (κ3) is 2.06. The summed E-state index contributed by atoms with van der Waals surface area (Å²) in [6.07, 6.45) is 3.61. The van der Waals surface area contributed by atoms with E-state index in [9.17, 15) is 8.42 Å². The van der Waals surface area contributed by atoms with Crippen molar-refractivity contribution in [3.63, 3.8) is 0 Å². The van der Waals surface area contributed by atoms with Gasteiger partial charge in [-0.25, -0.2) is 8.42 Å². The van der Waals surface area contributed by atoms with Gasteiger partial charge in [0.2, 0.25) is 10.0 Å². The first kappa shape index (κ1) is 12.5. The molecule has 1 aromatic rings. The van der Waals surface area contributed by atoms with Gasteiger partial charge in [-0.05, 0) is 48.9 Å². The second-order valence-corrected chi connectivity index (χ2v) is 7.60. The Kier molecular flexibility index (Phi) is 3.12. The molecule has 0 spiro atoms. The Labute approximate surface area is 113 Å². The van der Waals surface area contributed by atoms with Crippen LogP contribution < -0.4 is 0 Å². The van der Waals surface area contributed by atoms with Gasteiger partial charge < -0.3 is 0 Å². The molecular formula is C13H16ClNO2S. The Morgan fingerprint density at radius 2 is 1.61 bits per heavy atom.